The van der Waals surface area contributed by atoms with E-state index in [-0.39, 0.29) is 6.54 Å². The van der Waals surface area contributed by atoms with Gasteiger partial charge in [-0.1, -0.05) is 6.07 Å². The molecule has 1 aromatic rings. The van der Waals surface area contributed by atoms with Gasteiger partial charge in [-0.25, -0.2) is 13.2 Å². The van der Waals surface area contributed by atoms with Crippen LogP contribution in [0.4, 0.5) is 26.3 Å². The first-order valence-corrected chi connectivity index (χ1v) is 4.69. The fourth-order valence-electron chi connectivity index (χ4n) is 1.47. The summed E-state index contributed by atoms with van der Waals surface area (Å²) in [6.07, 6.45) is -5.35. The van der Waals surface area contributed by atoms with Gasteiger partial charge in [0, 0.05) is 5.56 Å². The molecule has 0 saturated carbocycles. The van der Waals surface area contributed by atoms with E-state index in [1.54, 1.807) is 0 Å². The quantitative estimate of drug-likeness (QED) is 0.653. The lowest BCUT2D eigenvalue weighted by molar-refractivity contribution is -0.152. The van der Waals surface area contributed by atoms with Crippen molar-refractivity contribution in [3.63, 3.8) is 0 Å². The van der Waals surface area contributed by atoms with Crippen LogP contribution < -0.4 is 5.73 Å². The summed E-state index contributed by atoms with van der Waals surface area (Å²) >= 11 is 0. The number of halogens is 6. The molecule has 0 spiro atoms. The zero-order chi connectivity index (χ0) is 13.2. The summed E-state index contributed by atoms with van der Waals surface area (Å²) in [5, 5.41) is 0. The molecule has 2 N–H and O–H groups in total. The summed E-state index contributed by atoms with van der Waals surface area (Å²) in [4.78, 5) is 0. The number of hydrogen-bond donors (Lipinski definition) is 1. The highest BCUT2D eigenvalue weighted by Gasteiger charge is 2.42. The van der Waals surface area contributed by atoms with E-state index in [0.717, 1.165) is 0 Å². The second kappa shape index (κ2) is 4.95. The lowest BCUT2D eigenvalue weighted by Crippen LogP contribution is -2.25. The van der Waals surface area contributed by atoms with Crippen LogP contribution in [0.1, 0.15) is 17.9 Å². The largest absolute Gasteiger partial charge is 0.395 e. The molecular weight excluding hydrogens is 248 g/mol. The molecule has 0 aromatic heterocycles. The van der Waals surface area contributed by atoms with E-state index in [0.29, 0.717) is 12.1 Å². The van der Waals surface area contributed by atoms with Gasteiger partial charge in [-0.05, 0) is 19.0 Å². The third kappa shape index (κ3) is 2.91. The molecule has 1 nitrogen and oxygen atoms in total. The summed E-state index contributed by atoms with van der Waals surface area (Å²) < 4.78 is 76.3. The van der Waals surface area contributed by atoms with Crippen molar-refractivity contribution in [3.8, 4) is 0 Å². The molecule has 0 aliphatic heterocycles. The predicted octanol–water partition coefficient (Wildman–Crippen LogP) is 3.10. The van der Waals surface area contributed by atoms with Crippen molar-refractivity contribution < 1.29 is 26.3 Å². The summed E-state index contributed by atoms with van der Waals surface area (Å²) in [6, 6.07) is 1.05. The third-order valence-electron chi connectivity index (χ3n) is 2.29. The summed E-state index contributed by atoms with van der Waals surface area (Å²) in [7, 11) is 0. The van der Waals surface area contributed by atoms with Crippen LogP contribution in [-0.4, -0.2) is 12.7 Å². The number of alkyl halides is 3. The molecule has 0 fully saturated rings. The van der Waals surface area contributed by atoms with E-state index in [1.165, 1.54) is 0 Å². The maximum Gasteiger partial charge on any atom is 0.395 e. The Morgan fingerprint density at radius 3 is 2.12 bits per heavy atom. The topological polar surface area (TPSA) is 26.0 Å². The maximum atomic E-state index is 13.2. The molecule has 0 bridgehead atoms. The number of benzene rings is 1. The molecule has 17 heavy (non-hydrogen) atoms. The Bertz CT molecular complexity index is 401. The number of nitrogens with two attached hydrogens (primary N) is 1. The summed E-state index contributed by atoms with van der Waals surface area (Å²) in [5.41, 5.74) is 4.06. The monoisotopic (exact) mass is 257 g/mol. The Kier molecular flexibility index (Phi) is 4.03. The Hall–Kier alpha value is -1.24. The highest BCUT2D eigenvalue weighted by molar-refractivity contribution is 5.25. The van der Waals surface area contributed by atoms with Crippen molar-refractivity contribution in [3.05, 3.63) is 35.1 Å². The molecule has 1 unspecified atom stereocenters. The minimum Gasteiger partial charge on any atom is -0.330 e. The molecule has 96 valence electrons. The van der Waals surface area contributed by atoms with Crippen LogP contribution >= 0.6 is 0 Å². The first kappa shape index (κ1) is 13.8. The van der Waals surface area contributed by atoms with Crippen LogP contribution in [0, 0.1) is 17.5 Å². The van der Waals surface area contributed by atoms with Crippen LogP contribution in [0.5, 0.6) is 0 Å². The minimum absolute atomic E-state index is 0.345. The van der Waals surface area contributed by atoms with E-state index in [2.05, 4.69) is 0 Å². The zero-order valence-corrected chi connectivity index (χ0v) is 8.49. The average molecular weight is 257 g/mol. The van der Waals surface area contributed by atoms with E-state index in [1.807, 2.05) is 0 Å². The normalized spacial score (nSPS) is 13.8. The Balaban J connectivity index is 3.25. The van der Waals surface area contributed by atoms with Gasteiger partial charge in [-0.3, -0.25) is 0 Å². The van der Waals surface area contributed by atoms with Gasteiger partial charge in [0.25, 0.3) is 0 Å². The number of rotatable bonds is 3. The smallest absolute Gasteiger partial charge is 0.330 e. The fraction of sp³-hybridized carbons (Fsp3) is 0.400. The standard InChI is InChI=1S/C10H9F6N/c11-7-2-1-5(8(12)9(7)13)6(3-4-17)10(14,15)16/h1-2,6H,3-4,17H2. The second-order valence-corrected chi connectivity index (χ2v) is 3.44. The van der Waals surface area contributed by atoms with Crippen molar-refractivity contribution in [1.82, 2.24) is 0 Å². The molecule has 0 heterocycles. The number of hydrogen-bond acceptors (Lipinski definition) is 1. The SMILES string of the molecule is NCCC(c1ccc(F)c(F)c1F)C(F)(F)F. The molecule has 1 aromatic carbocycles. The lowest BCUT2D eigenvalue weighted by atomic mass is 9.94. The van der Waals surface area contributed by atoms with Crippen LogP contribution in [0.2, 0.25) is 0 Å². The van der Waals surface area contributed by atoms with E-state index in [9.17, 15) is 26.3 Å². The molecule has 7 heteroatoms. The van der Waals surface area contributed by atoms with Gasteiger partial charge in [0.05, 0.1) is 5.92 Å². The molecular formula is C10H9F6N. The van der Waals surface area contributed by atoms with E-state index >= 15 is 0 Å². The molecule has 0 saturated heterocycles. The van der Waals surface area contributed by atoms with Gasteiger partial charge in [0.15, 0.2) is 17.5 Å². The van der Waals surface area contributed by atoms with Crippen LogP contribution in [0.25, 0.3) is 0 Å². The first-order valence-electron chi connectivity index (χ1n) is 4.69. The van der Waals surface area contributed by atoms with E-state index < -0.39 is 41.5 Å². The zero-order valence-electron chi connectivity index (χ0n) is 8.49. The minimum atomic E-state index is -4.76. The molecule has 0 amide bonds. The van der Waals surface area contributed by atoms with Gasteiger partial charge in [-0.2, -0.15) is 13.2 Å². The molecule has 1 rings (SSSR count). The van der Waals surface area contributed by atoms with Crippen LogP contribution in [-0.2, 0) is 0 Å². The van der Waals surface area contributed by atoms with Crippen molar-refractivity contribution >= 4 is 0 Å². The lowest BCUT2D eigenvalue weighted by Gasteiger charge is -2.20. The van der Waals surface area contributed by atoms with Crippen molar-refractivity contribution in [2.45, 2.75) is 18.5 Å². The maximum absolute atomic E-state index is 13.2. The Labute approximate surface area is 93.2 Å². The van der Waals surface area contributed by atoms with Gasteiger partial charge < -0.3 is 5.73 Å². The van der Waals surface area contributed by atoms with Gasteiger partial charge >= 0.3 is 6.18 Å². The highest BCUT2D eigenvalue weighted by atomic mass is 19.4. The van der Waals surface area contributed by atoms with Crippen molar-refractivity contribution in [1.29, 1.82) is 0 Å². The van der Waals surface area contributed by atoms with Crippen LogP contribution in [0.15, 0.2) is 12.1 Å². The van der Waals surface area contributed by atoms with Crippen molar-refractivity contribution in [2.75, 3.05) is 6.54 Å². The molecule has 0 aliphatic rings. The van der Waals surface area contributed by atoms with E-state index in [4.69, 9.17) is 5.73 Å². The molecule has 0 radical (unpaired) electrons. The predicted molar refractivity (Wildman–Crippen MR) is 48.8 cm³/mol. The molecule has 0 aliphatic carbocycles. The van der Waals surface area contributed by atoms with Crippen molar-refractivity contribution in [2.24, 2.45) is 5.73 Å². The fourth-order valence-corrected chi connectivity index (χ4v) is 1.47. The third-order valence-corrected chi connectivity index (χ3v) is 2.29. The van der Waals surface area contributed by atoms with Gasteiger partial charge in [-0.15, -0.1) is 0 Å². The molecule has 1 atom stereocenters. The second-order valence-electron chi connectivity index (χ2n) is 3.44. The average Bonchev–Trinajstić information content (AvgIpc) is 2.22. The van der Waals surface area contributed by atoms with Gasteiger partial charge in [0.2, 0.25) is 0 Å². The van der Waals surface area contributed by atoms with Crippen LogP contribution in [0.3, 0.4) is 0 Å². The Morgan fingerprint density at radius 2 is 1.65 bits per heavy atom. The van der Waals surface area contributed by atoms with Gasteiger partial charge in [0.1, 0.15) is 0 Å². The summed E-state index contributed by atoms with van der Waals surface area (Å²) in [6.45, 7) is -0.345. The summed E-state index contributed by atoms with van der Waals surface area (Å²) in [5.74, 6) is -7.49. The first-order chi connectivity index (χ1) is 7.79. The Morgan fingerprint density at radius 1 is 1.06 bits per heavy atom. The highest BCUT2D eigenvalue weighted by Crippen LogP contribution is 2.38.